The smallest absolute Gasteiger partial charge is 0.228 e. The molecule has 0 unspecified atom stereocenters. The number of nitrogens with two attached hydrogens (primary N) is 2. The van der Waals surface area contributed by atoms with E-state index in [1.54, 1.807) is 23.1 Å². The Bertz CT molecular complexity index is 1210. The molecule has 12 heteroatoms. The van der Waals surface area contributed by atoms with E-state index in [-0.39, 0.29) is 41.4 Å². The molecular weight excluding hydrogens is 498 g/mol. The number of aromatic nitrogens is 2. The number of amides is 1. The van der Waals surface area contributed by atoms with E-state index in [2.05, 4.69) is 9.97 Å². The fourth-order valence-corrected chi connectivity index (χ4v) is 4.29. The van der Waals surface area contributed by atoms with E-state index in [1.807, 2.05) is 4.90 Å². The summed E-state index contributed by atoms with van der Waals surface area (Å²) in [6.07, 6.45) is 0.141. The number of carbonyl (C=O) groups is 1. The normalized spacial score (nSPS) is 14.4. The fourth-order valence-electron chi connectivity index (χ4n) is 3.98. The number of piperazine rings is 1. The number of rotatable bonds is 6. The second-order valence-electron chi connectivity index (χ2n) is 7.96. The molecule has 0 bridgehead atoms. The van der Waals surface area contributed by atoms with Crippen LogP contribution in [0.3, 0.4) is 0 Å². The first-order valence-corrected chi connectivity index (χ1v) is 11.1. The molecule has 4 N–H and O–H groups in total. The minimum absolute atomic E-state index is 0. The second kappa shape index (κ2) is 11.1. The van der Waals surface area contributed by atoms with Gasteiger partial charge in [-0.3, -0.25) is 4.79 Å². The van der Waals surface area contributed by atoms with E-state index in [9.17, 15) is 9.18 Å². The van der Waals surface area contributed by atoms with Gasteiger partial charge < -0.3 is 30.7 Å². The van der Waals surface area contributed by atoms with Gasteiger partial charge in [-0.25, -0.2) is 9.37 Å². The van der Waals surface area contributed by atoms with Crippen LogP contribution in [0.4, 0.5) is 16.2 Å². The Kier molecular flexibility index (Phi) is 8.42. The molecule has 1 atom stereocenters. The lowest BCUT2D eigenvalue weighted by molar-refractivity contribution is -0.131. The maximum absolute atomic E-state index is 13.1. The van der Waals surface area contributed by atoms with Crippen LogP contribution in [-0.4, -0.2) is 61.2 Å². The minimum Gasteiger partial charge on any atom is -0.493 e. The number of anilines is 2. The van der Waals surface area contributed by atoms with Gasteiger partial charge in [-0.1, -0.05) is 23.7 Å². The molecule has 2 aromatic carbocycles. The van der Waals surface area contributed by atoms with Crippen LogP contribution >= 0.6 is 24.0 Å². The summed E-state index contributed by atoms with van der Waals surface area (Å²) in [5.41, 5.74) is 13.5. The highest BCUT2D eigenvalue weighted by Crippen LogP contribution is 2.42. The maximum Gasteiger partial charge on any atom is 0.228 e. The summed E-state index contributed by atoms with van der Waals surface area (Å²) in [6, 6.07) is 7.08. The maximum atomic E-state index is 13.1. The number of halogens is 3. The molecular formula is C23H27Cl2FN6O3. The summed E-state index contributed by atoms with van der Waals surface area (Å²) in [4.78, 5) is 25.5. The Morgan fingerprint density at radius 2 is 1.80 bits per heavy atom. The summed E-state index contributed by atoms with van der Waals surface area (Å²) in [7, 11) is 3.01. The monoisotopic (exact) mass is 524 g/mol. The number of nitrogen functional groups attached to an aromatic ring is 1. The number of hydrogen-bond acceptors (Lipinski definition) is 8. The van der Waals surface area contributed by atoms with Crippen molar-refractivity contribution in [3.05, 3.63) is 46.7 Å². The number of methoxy groups -OCH3 is 2. The van der Waals surface area contributed by atoms with Gasteiger partial charge in [0.1, 0.15) is 22.2 Å². The van der Waals surface area contributed by atoms with Crippen molar-refractivity contribution in [1.82, 2.24) is 14.9 Å². The third-order valence-electron chi connectivity index (χ3n) is 5.90. The summed E-state index contributed by atoms with van der Waals surface area (Å²) in [5.74, 6) is 1.10. The highest BCUT2D eigenvalue weighted by Gasteiger charge is 2.26. The Labute approximate surface area is 213 Å². The molecule has 4 rings (SSSR count). The largest absolute Gasteiger partial charge is 0.493 e. The van der Waals surface area contributed by atoms with Gasteiger partial charge in [0.15, 0.2) is 11.5 Å². The van der Waals surface area contributed by atoms with Crippen molar-refractivity contribution < 1.29 is 18.7 Å². The number of fused-ring (bicyclic) bond motifs is 1. The molecule has 1 aromatic heterocycles. The number of nitrogens with zero attached hydrogens (tertiary/aromatic N) is 4. The van der Waals surface area contributed by atoms with Crippen LogP contribution < -0.4 is 25.8 Å². The molecule has 35 heavy (non-hydrogen) atoms. The van der Waals surface area contributed by atoms with Crippen molar-refractivity contribution in [1.29, 1.82) is 0 Å². The molecule has 0 radical (unpaired) electrons. The zero-order valence-corrected chi connectivity index (χ0v) is 20.9. The fraction of sp³-hybridized carbons (Fsp3) is 0.348. The highest BCUT2D eigenvalue weighted by molar-refractivity contribution is 6.37. The van der Waals surface area contributed by atoms with Crippen LogP contribution in [0.5, 0.6) is 11.5 Å². The topological polar surface area (TPSA) is 120 Å². The molecule has 9 nitrogen and oxygen atoms in total. The zero-order valence-electron chi connectivity index (χ0n) is 19.3. The van der Waals surface area contributed by atoms with E-state index in [0.29, 0.717) is 54.5 Å². The van der Waals surface area contributed by atoms with Crippen molar-refractivity contribution in [2.75, 3.05) is 51.0 Å². The molecule has 0 spiro atoms. The lowest BCUT2D eigenvalue weighted by Crippen LogP contribution is -2.49. The van der Waals surface area contributed by atoms with Gasteiger partial charge in [0, 0.05) is 44.0 Å². The summed E-state index contributed by atoms with van der Waals surface area (Å²) < 4.78 is 23.8. The Hall–Kier alpha value is -3.08. The van der Waals surface area contributed by atoms with Gasteiger partial charge in [0.25, 0.3) is 0 Å². The van der Waals surface area contributed by atoms with Crippen LogP contribution in [0.1, 0.15) is 18.0 Å². The van der Waals surface area contributed by atoms with Gasteiger partial charge in [-0.15, -0.1) is 12.4 Å². The van der Waals surface area contributed by atoms with E-state index in [1.165, 1.54) is 26.4 Å². The minimum atomic E-state index is -0.496. The molecule has 1 aliphatic rings. The summed E-state index contributed by atoms with van der Waals surface area (Å²) in [6.45, 7) is 2.01. The highest BCUT2D eigenvalue weighted by atomic mass is 35.5. The molecule has 0 aliphatic carbocycles. The molecule has 1 fully saturated rings. The molecule has 188 valence electrons. The molecule has 3 aromatic rings. The predicted octanol–water partition coefficient (Wildman–Crippen LogP) is 3.18. The van der Waals surface area contributed by atoms with Gasteiger partial charge in [-0.2, -0.15) is 4.98 Å². The number of carbonyl (C=O) groups excluding carboxylic acids is 1. The lowest BCUT2D eigenvalue weighted by atomic mass is 10.0. The molecule has 1 amide bonds. The molecule has 1 saturated heterocycles. The number of hydrogen-bond donors (Lipinski definition) is 2. The van der Waals surface area contributed by atoms with Gasteiger partial charge >= 0.3 is 0 Å². The summed E-state index contributed by atoms with van der Waals surface area (Å²) >= 11 is 6.53. The van der Waals surface area contributed by atoms with E-state index >= 15 is 0 Å². The quantitative estimate of drug-likeness (QED) is 0.504. The van der Waals surface area contributed by atoms with Gasteiger partial charge in [0.2, 0.25) is 11.9 Å². The first kappa shape index (κ1) is 26.5. The van der Waals surface area contributed by atoms with Crippen LogP contribution in [-0.2, 0) is 4.79 Å². The van der Waals surface area contributed by atoms with E-state index in [4.69, 9.17) is 32.5 Å². The number of ether oxygens (including phenoxy) is 2. The second-order valence-corrected chi connectivity index (χ2v) is 8.34. The van der Waals surface area contributed by atoms with Gasteiger partial charge in [0.05, 0.1) is 14.2 Å². The average molecular weight is 525 g/mol. The molecule has 1 aliphatic heterocycles. The predicted molar refractivity (Wildman–Crippen MR) is 136 cm³/mol. The summed E-state index contributed by atoms with van der Waals surface area (Å²) in [5, 5.41) is 0.853. The van der Waals surface area contributed by atoms with Gasteiger partial charge in [-0.05, 0) is 23.8 Å². The number of benzene rings is 2. The molecule has 2 heterocycles. The van der Waals surface area contributed by atoms with Crippen LogP contribution in [0, 0.1) is 5.82 Å². The van der Waals surface area contributed by atoms with Crippen molar-refractivity contribution in [2.24, 2.45) is 5.73 Å². The van der Waals surface area contributed by atoms with Crippen molar-refractivity contribution in [2.45, 2.75) is 12.5 Å². The van der Waals surface area contributed by atoms with Crippen molar-refractivity contribution >= 4 is 52.6 Å². The molecule has 0 saturated carbocycles. The zero-order chi connectivity index (χ0) is 24.4. The van der Waals surface area contributed by atoms with Crippen LogP contribution in [0.2, 0.25) is 5.02 Å². The van der Waals surface area contributed by atoms with Crippen molar-refractivity contribution in [3.8, 4) is 11.5 Å². The van der Waals surface area contributed by atoms with E-state index in [0.717, 1.165) is 5.56 Å². The van der Waals surface area contributed by atoms with E-state index < -0.39 is 6.04 Å². The first-order valence-electron chi connectivity index (χ1n) is 10.7. The third kappa shape index (κ3) is 5.44. The standard InChI is InChI=1S/C23H26ClFN6O3.ClH/c1-33-17-11-15-20(19(24)21(17)34-2)28-23(29-22(15)27)31-9-7-30(8-10-31)18(32)12-16(26)13-3-5-14(25)6-4-13;/h3-6,11,16H,7-10,12,26H2,1-2H3,(H2,27,28,29);1H/t16-;/m1./s1. The Morgan fingerprint density at radius 1 is 1.14 bits per heavy atom. The SMILES string of the molecule is COc1cc2c(N)nc(N3CCN(C(=O)C[C@@H](N)c4ccc(F)cc4)CC3)nc2c(Cl)c1OC.Cl. The Morgan fingerprint density at radius 3 is 2.40 bits per heavy atom. The van der Waals surface area contributed by atoms with Crippen LogP contribution in [0.25, 0.3) is 10.9 Å². The Balaban J connectivity index is 0.00000342. The first-order chi connectivity index (χ1) is 16.3. The average Bonchev–Trinajstić information content (AvgIpc) is 2.84. The van der Waals surface area contributed by atoms with Crippen molar-refractivity contribution in [3.63, 3.8) is 0 Å². The lowest BCUT2D eigenvalue weighted by Gasteiger charge is -2.35. The van der Waals surface area contributed by atoms with Crippen LogP contribution in [0.15, 0.2) is 30.3 Å². The third-order valence-corrected chi connectivity index (χ3v) is 6.25.